The van der Waals surface area contributed by atoms with Gasteiger partial charge >= 0.3 is 6.09 Å². The minimum atomic E-state index is -0.506. The number of nitrogens with one attached hydrogen (secondary N) is 3. The third-order valence-corrected chi connectivity index (χ3v) is 4.59. The summed E-state index contributed by atoms with van der Waals surface area (Å²) >= 11 is 0. The Balaban J connectivity index is 0.00000480. The largest absolute Gasteiger partial charge is 0.444 e. The first-order valence-electron chi connectivity index (χ1n) is 10.5. The maximum absolute atomic E-state index is 12.0. The van der Waals surface area contributed by atoms with E-state index in [9.17, 15) is 9.59 Å². The molecule has 174 valence electrons. The second-order valence-electron chi connectivity index (χ2n) is 8.47. The molecule has 0 bridgehead atoms. The van der Waals surface area contributed by atoms with Crippen molar-refractivity contribution in [2.24, 2.45) is 4.99 Å². The van der Waals surface area contributed by atoms with Crippen molar-refractivity contribution < 1.29 is 14.3 Å². The van der Waals surface area contributed by atoms with E-state index in [1.807, 2.05) is 52.0 Å². The Hall–Kier alpha value is -2.04. The van der Waals surface area contributed by atoms with Crippen LogP contribution in [0.4, 0.5) is 10.5 Å². The van der Waals surface area contributed by atoms with Gasteiger partial charge < -0.3 is 25.6 Å². The van der Waals surface area contributed by atoms with Crippen LogP contribution in [-0.2, 0) is 16.1 Å². The molecule has 1 aliphatic heterocycles. The molecule has 1 aromatic carbocycles. The molecule has 0 spiro atoms. The molecule has 1 atom stereocenters. The lowest BCUT2D eigenvalue weighted by atomic mass is 10.2. The number of likely N-dealkylation sites (tertiary alicyclic amines) is 1. The van der Waals surface area contributed by atoms with E-state index < -0.39 is 5.60 Å². The second-order valence-corrected chi connectivity index (χ2v) is 8.47. The molecule has 1 fully saturated rings. The summed E-state index contributed by atoms with van der Waals surface area (Å²) in [5, 5.41) is 9.18. The molecule has 1 saturated heterocycles. The number of amides is 2. The number of aliphatic imine (C=N–C) groups is 1. The Kier molecular flexibility index (Phi) is 11.1. The molecule has 8 nitrogen and oxygen atoms in total. The van der Waals surface area contributed by atoms with Crippen LogP contribution in [0.2, 0.25) is 0 Å². The van der Waals surface area contributed by atoms with Crippen molar-refractivity contribution in [1.82, 2.24) is 15.5 Å². The fourth-order valence-corrected chi connectivity index (χ4v) is 3.21. The van der Waals surface area contributed by atoms with Crippen LogP contribution in [0.25, 0.3) is 0 Å². The summed E-state index contributed by atoms with van der Waals surface area (Å²) in [6.07, 6.45) is 1.81. The summed E-state index contributed by atoms with van der Waals surface area (Å²) < 4.78 is 5.33. The average Bonchev–Trinajstić information content (AvgIpc) is 3.10. The zero-order valence-electron chi connectivity index (χ0n) is 19.2. The molecule has 9 heteroatoms. The highest BCUT2D eigenvalue weighted by Gasteiger charge is 2.27. The van der Waals surface area contributed by atoms with Crippen molar-refractivity contribution in [3.63, 3.8) is 0 Å². The van der Waals surface area contributed by atoms with Gasteiger partial charge in [0.1, 0.15) is 5.60 Å². The normalized spacial score (nSPS) is 16.4. The molecule has 1 aromatic rings. The molecule has 0 saturated carbocycles. The lowest BCUT2D eigenvalue weighted by Crippen LogP contribution is -2.44. The van der Waals surface area contributed by atoms with Gasteiger partial charge in [-0.2, -0.15) is 0 Å². The van der Waals surface area contributed by atoms with Gasteiger partial charge in [0.2, 0.25) is 5.91 Å². The number of rotatable bonds is 6. The Morgan fingerprint density at radius 2 is 1.90 bits per heavy atom. The third-order valence-electron chi connectivity index (χ3n) is 4.59. The van der Waals surface area contributed by atoms with Crippen LogP contribution in [0.3, 0.4) is 0 Å². The van der Waals surface area contributed by atoms with Crippen molar-refractivity contribution in [2.75, 3.05) is 25.5 Å². The molecular formula is C22H36IN5O3. The zero-order chi connectivity index (χ0) is 22.1. The van der Waals surface area contributed by atoms with Gasteiger partial charge in [0, 0.05) is 38.8 Å². The van der Waals surface area contributed by atoms with Gasteiger partial charge in [-0.05, 0) is 51.3 Å². The monoisotopic (exact) mass is 545 g/mol. The number of benzene rings is 1. The first-order valence-corrected chi connectivity index (χ1v) is 10.5. The van der Waals surface area contributed by atoms with E-state index in [-0.39, 0.29) is 42.0 Å². The highest BCUT2D eigenvalue weighted by atomic mass is 127. The van der Waals surface area contributed by atoms with Crippen LogP contribution in [0.15, 0.2) is 29.3 Å². The standard InChI is InChI=1S/C22H35N5O3.HI/c1-6-7-19(28)25-17-10-8-16(9-11-17)14-24-20(23-5)27-13-12-18(15-27)26-21(29)30-22(2,3)4;/h8-11,18H,6-7,12-15H2,1-5H3,(H,23,24)(H,25,28)(H,26,29);1H. The molecule has 1 unspecified atom stereocenters. The van der Waals surface area contributed by atoms with E-state index in [2.05, 4.69) is 25.8 Å². The van der Waals surface area contributed by atoms with Crippen molar-refractivity contribution in [3.05, 3.63) is 29.8 Å². The van der Waals surface area contributed by atoms with Crippen LogP contribution in [0, 0.1) is 0 Å². The molecule has 2 rings (SSSR count). The average molecular weight is 545 g/mol. The summed E-state index contributed by atoms with van der Waals surface area (Å²) in [7, 11) is 1.75. The number of carbonyl (C=O) groups is 2. The highest BCUT2D eigenvalue weighted by molar-refractivity contribution is 14.0. The van der Waals surface area contributed by atoms with Crippen molar-refractivity contribution >= 4 is 47.6 Å². The fourth-order valence-electron chi connectivity index (χ4n) is 3.21. The topological polar surface area (TPSA) is 95.1 Å². The van der Waals surface area contributed by atoms with Crippen LogP contribution in [0.1, 0.15) is 52.5 Å². The number of hydrogen-bond donors (Lipinski definition) is 3. The summed E-state index contributed by atoms with van der Waals surface area (Å²) in [5.74, 6) is 0.830. The summed E-state index contributed by atoms with van der Waals surface area (Å²) in [6.45, 7) is 9.65. The van der Waals surface area contributed by atoms with E-state index in [0.29, 0.717) is 19.5 Å². The number of carbonyl (C=O) groups excluding carboxylic acids is 2. The molecule has 0 radical (unpaired) electrons. The van der Waals surface area contributed by atoms with Crippen LogP contribution >= 0.6 is 24.0 Å². The molecule has 2 amide bonds. The van der Waals surface area contributed by atoms with Crippen molar-refractivity contribution in [1.29, 1.82) is 0 Å². The lowest BCUT2D eigenvalue weighted by Gasteiger charge is -2.23. The van der Waals surface area contributed by atoms with Gasteiger partial charge in [0.25, 0.3) is 0 Å². The van der Waals surface area contributed by atoms with E-state index in [0.717, 1.165) is 36.6 Å². The highest BCUT2D eigenvalue weighted by Crippen LogP contribution is 2.13. The van der Waals surface area contributed by atoms with Gasteiger partial charge in [-0.25, -0.2) is 4.79 Å². The predicted molar refractivity (Wildman–Crippen MR) is 135 cm³/mol. The number of hydrogen-bond acceptors (Lipinski definition) is 4. The molecule has 0 aliphatic carbocycles. The van der Waals surface area contributed by atoms with Crippen molar-refractivity contribution in [2.45, 2.75) is 65.1 Å². The number of halogens is 1. The molecule has 1 aliphatic rings. The quantitative estimate of drug-likeness (QED) is 0.288. The number of alkyl carbamates (subject to hydrolysis) is 1. The Morgan fingerprint density at radius 1 is 1.23 bits per heavy atom. The Morgan fingerprint density at radius 3 is 2.48 bits per heavy atom. The van der Waals surface area contributed by atoms with E-state index >= 15 is 0 Å². The summed E-state index contributed by atoms with van der Waals surface area (Å²) in [6, 6.07) is 7.81. The predicted octanol–water partition coefficient (Wildman–Crippen LogP) is 3.72. The SMILES string of the molecule is CCCC(=O)Nc1ccc(CNC(=NC)N2CCC(NC(=O)OC(C)(C)C)C2)cc1.I. The van der Waals surface area contributed by atoms with Crippen LogP contribution in [0.5, 0.6) is 0 Å². The first kappa shape index (κ1) is 27.0. The minimum Gasteiger partial charge on any atom is -0.444 e. The molecule has 3 N–H and O–H groups in total. The summed E-state index contributed by atoms with van der Waals surface area (Å²) in [4.78, 5) is 30.2. The fraction of sp³-hybridized carbons (Fsp3) is 0.591. The van der Waals surface area contributed by atoms with Crippen molar-refractivity contribution in [3.8, 4) is 0 Å². The zero-order valence-corrected chi connectivity index (χ0v) is 21.5. The van der Waals surface area contributed by atoms with E-state index in [1.54, 1.807) is 7.05 Å². The smallest absolute Gasteiger partial charge is 0.407 e. The van der Waals surface area contributed by atoms with E-state index in [1.165, 1.54) is 0 Å². The van der Waals surface area contributed by atoms with E-state index in [4.69, 9.17) is 4.74 Å². The lowest BCUT2D eigenvalue weighted by molar-refractivity contribution is -0.116. The number of guanidine groups is 1. The number of anilines is 1. The maximum atomic E-state index is 12.0. The van der Waals surface area contributed by atoms with Gasteiger partial charge in [-0.15, -0.1) is 24.0 Å². The number of nitrogens with zero attached hydrogens (tertiary/aromatic N) is 2. The van der Waals surface area contributed by atoms with Gasteiger partial charge in [0.15, 0.2) is 5.96 Å². The van der Waals surface area contributed by atoms with Crippen LogP contribution in [-0.4, -0.2) is 54.6 Å². The first-order chi connectivity index (χ1) is 14.2. The Labute approximate surface area is 202 Å². The number of ether oxygens (including phenoxy) is 1. The second kappa shape index (κ2) is 12.7. The van der Waals surface area contributed by atoms with Gasteiger partial charge in [-0.3, -0.25) is 9.79 Å². The summed E-state index contributed by atoms with van der Waals surface area (Å²) in [5.41, 5.74) is 1.39. The third kappa shape index (κ3) is 9.75. The van der Waals surface area contributed by atoms with Crippen LogP contribution < -0.4 is 16.0 Å². The molecule has 0 aromatic heterocycles. The molecule has 31 heavy (non-hydrogen) atoms. The van der Waals surface area contributed by atoms with Gasteiger partial charge in [-0.1, -0.05) is 19.1 Å². The molecule has 1 heterocycles. The minimum absolute atomic E-state index is 0. The van der Waals surface area contributed by atoms with Gasteiger partial charge in [0.05, 0.1) is 6.04 Å². The maximum Gasteiger partial charge on any atom is 0.407 e. The Bertz CT molecular complexity index is 747. The molecular weight excluding hydrogens is 509 g/mol.